The van der Waals surface area contributed by atoms with Crippen molar-refractivity contribution in [2.45, 2.75) is 40.2 Å². The van der Waals surface area contributed by atoms with Crippen LogP contribution in [0, 0.1) is 5.92 Å². The zero-order chi connectivity index (χ0) is 17.2. The fourth-order valence-electron chi connectivity index (χ4n) is 2.28. The molecule has 2 aromatic rings. The summed E-state index contributed by atoms with van der Waals surface area (Å²) in [4.78, 5) is 0. The minimum Gasteiger partial charge on any atom is -0.494 e. The Morgan fingerprint density at radius 2 is 1.62 bits per heavy atom. The van der Waals surface area contributed by atoms with Crippen LogP contribution in [0.2, 0.25) is 0 Å². The van der Waals surface area contributed by atoms with Gasteiger partial charge in [-0.2, -0.15) is 0 Å². The molecule has 0 amide bonds. The van der Waals surface area contributed by atoms with Crippen molar-refractivity contribution in [3.8, 4) is 11.5 Å². The van der Waals surface area contributed by atoms with E-state index < -0.39 is 0 Å². The van der Waals surface area contributed by atoms with Gasteiger partial charge in [0.1, 0.15) is 11.5 Å². The Morgan fingerprint density at radius 1 is 0.917 bits per heavy atom. The van der Waals surface area contributed by atoms with Gasteiger partial charge in [-0.3, -0.25) is 0 Å². The summed E-state index contributed by atoms with van der Waals surface area (Å²) in [5.74, 6) is 2.51. The number of rotatable bonds is 10. The van der Waals surface area contributed by atoms with Gasteiger partial charge in [-0.25, -0.2) is 0 Å². The smallest absolute Gasteiger partial charge is 0.121 e. The molecule has 2 rings (SSSR count). The molecule has 0 bridgehead atoms. The first-order valence-electron chi connectivity index (χ1n) is 8.86. The molecule has 0 saturated heterocycles. The molecule has 0 fully saturated rings. The number of anilines is 1. The van der Waals surface area contributed by atoms with Gasteiger partial charge in [-0.1, -0.05) is 39.0 Å². The molecule has 0 heterocycles. The summed E-state index contributed by atoms with van der Waals surface area (Å²) in [6.45, 7) is 8.81. The van der Waals surface area contributed by atoms with E-state index in [2.05, 4.69) is 44.3 Å². The summed E-state index contributed by atoms with van der Waals surface area (Å²) in [7, 11) is 0. The Labute approximate surface area is 146 Å². The molecule has 24 heavy (non-hydrogen) atoms. The molecule has 0 unspecified atom stereocenters. The maximum absolute atomic E-state index is 5.83. The van der Waals surface area contributed by atoms with E-state index >= 15 is 0 Å². The molecule has 1 N–H and O–H groups in total. The van der Waals surface area contributed by atoms with Crippen molar-refractivity contribution < 1.29 is 9.47 Å². The molecule has 0 radical (unpaired) electrons. The van der Waals surface area contributed by atoms with Gasteiger partial charge in [0.15, 0.2) is 0 Å². The quantitative estimate of drug-likeness (QED) is 0.624. The van der Waals surface area contributed by atoms with Crippen LogP contribution in [0.15, 0.2) is 48.5 Å². The molecule has 130 valence electrons. The van der Waals surface area contributed by atoms with Crippen molar-refractivity contribution in [2.75, 3.05) is 18.5 Å². The Bertz CT molecular complexity index is 610. The second kappa shape index (κ2) is 9.86. The Hall–Kier alpha value is -2.16. The summed E-state index contributed by atoms with van der Waals surface area (Å²) in [5, 5.41) is 3.44. The van der Waals surface area contributed by atoms with Gasteiger partial charge in [-0.05, 0) is 48.6 Å². The summed E-state index contributed by atoms with van der Waals surface area (Å²) in [6.07, 6.45) is 2.09. The van der Waals surface area contributed by atoms with Crippen molar-refractivity contribution in [2.24, 2.45) is 5.92 Å². The lowest BCUT2D eigenvalue weighted by molar-refractivity contribution is 0.289. The third kappa shape index (κ3) is 6.53. The van der Waals surface area contributed by atoms with Crippen LogP contribution >= 0.6 is 0 Å². The van der Waals surface area contributed by atoms with E-state index in [1.807, 2.05) is 30.3 Å². The SMILES string of the molecule is CCCOc1cccc(NCc2cccc(OCCC(C)C)c2)c1. The Balaban J connectivity index is 1.87. The fraction of sp³-hybridized carbons (Fsp3) is 0.429. The predicted octanol–water partition coefficient (Wildman–Crippen LogP) is 5.51. The van der Waals surface area contributed by atoms with Gasteiger partial charge < -0.3 is 14.8 Å². The first-order valence-corrected chi connectivity index (χ1v) is 8.86. The number of ether oxygens (including phenoxy) is 2. The molecule has 0 atom stereocenters. The van der Waals surface area contributed by atoms with E-state index in [4.69, 9.17) is 9.47 Å². The Morgan fingerprint density at radius 3 is 2.38 bits per heavy atom. The van der Waals surface area contributed by atoms with Crippen molar-refractivity contribution in [1.29, 1.82) is 0 Å². The molecule has 0 spiro atoms. The first-order chi connectivity index (χ1) is 11.7. The predicted molar refractivity (Wildman–Crippen MR) is 101 cm³/mol. The van der Waals surface area contributed by atoms with Gasteiger partial charge in [0, 0.05) is 18.3 Å². The van der Waals surface area contributed by atoms with Crippen LogP contribution < -0.4 is 14.8 Å². The lowest BCUT2D eigenvalue weighted by Crippen LogP contribution is -2.03. The van der Waals surface area contributed by atoms with Crippen molar-refractivity contribution >= 4 is 5.69 Å². The topological polar surface area (TPSA) is 30.5 Å². The van der Waals surface area contributed by atoms with Gasteiger partial charge >= 0.3 is 0 Å². The van der Waals surface area contributed by atoms with E-state index in [9.17, 15) is 0 Å². The molecule has 2 aromatic carbocycles. The highest BCUT2D eigenvalue weighted by Crippen LogP contribution is 2.19. The fourth-order valence-corrected chi connectivity index (χ4v) is 2.28. The average molecular weight is 327 g/mol. The van der Waals surface area contributed by atoms with Crippen molar-refractivity contribution in [1.82, 2.24) is 0 Å². The normalized spacial score (nSPS) is 10.7. The van der Waals surface area contributed by atoms with E-state index in [1.165, 1.54) is 5.56 Å². The van der Waals surface area contributed by atoms with Gasteiger partial charge in [0.05, 0.1) is 13.2 Å². The summed E-state index contributed by atoms with van der Waals surface area (Å²) >= 11 is 0. The van der Waals surface area contributed by atoms with E-state index in [0.717, 1.165) is 49.8 Å². The summed E-state index contributed by atoms with van der Waals surface area (Å²) in [6, 6.07) is 16.4. The van der Waals surface area contributed by atoms with Crippen molar-refractivity contribution in [3.63, 3.8) is 0 Å². The first kappa shape index (κ1) is 18.2. The second-order valence-corrected chi connectivity index (χ2v) is 6.41. The maximum atomic E-state index is 5.83. The highest BCUT2D eigenvalue weighted by Gasteiger charge is 2.01. The minimum absolute atomic E-state index is 0.664. The standard InChI is InChI=1S/C21H29NO2/c1-4-12-23-21-10-6-8-19(15-21)22-16-18-7-5-9-20(14-18)24-13-11-17(2)3/h5-10,14-15,17,22H,4,11-13,16H2,1-3H3. The minimum atomic E-state index is 0.664. The molecule has 0 aliphatic carbocycles. The lowest BCUT2D eigenvalue weighted by Gasteiger charge is -2.11. The van der Waals surface area contributed by atoms with Crippen LogP contribution in [0.3, 0.4) is 0 Å². The molecule has 0 aliphatic heterocycles. The van der Waals surface area contributed by atoms with Crippen LogP contribution in [0.1, 0.15) is 39.2 Å². The molecule has 0 aromatic heterocycles. The highest BCUT2D eigenvalue weighted by molar-refractivity contribution is 5.48. The van der Waals surface area contributed by atoms with E-state index in [-0.39, 0.29) is 0 Å². The van der Waals surface area contributed by atoms with Crippen LogP contribution in [0.4, 0.5) is 5.69 Å². The zero-order valence-corrected chi connectivity index (χ0v) is 15.0. The van der Waals surface area contributed by atoms with Crippen LogP contribution in [-0.2, 0) is 6.54 Å². The van der Waals surface area contributed by atoms with Gasteiger partial charge in [0.25, 0.3) is 0 Å². The second-order valence-electron chi connectivity index (χ2n) is 6.41. The molecular formula is C21H29NO2. The average Bonchev–Trinajstić information content (AvgIpc) is 2.59. The monoisotopic (exact) mass is 327 g/mol. The molecule has 3 heteroatoms. The van der Waals surface area contributed by atoms with Gasteiger partial charge in [-0.15, -0.1) is 0 Å². The summed E-state index contributed by atoms with van der Waals surface area (Å²) < 4.78 is 11.5. The number of benzene rings is 2. The molecular weight excluding hydrogens is 298 g/mol. The van der Waals surface area contributed by atoms with Gasteiger partial charge in [0.2, 0.25) is 0 Å². The highest BCUT2D eigenvalue weighted by atomic mass is 16.5. The third-order valence-corrected chi connectivity index (χ3v) is 3.67. The number of hydrogen-bond acceptors (Lipinski definition) is 3. The van der Waals surface area contributed by atoms with Crippen molar-refractivity contribution in [3.05, 3.63) is 54.1 Å². The van der Waals surface area contributed by atoms with E-state index in [0.29, 0.717) is 5.92 Å². The van der Waals surface area contributed by atoms with Crippen LogP contribution in [0.5, 0.6) is 11.5 Å². The molecule has 0 saturated carbocycles. The Kier molecular flexibility index (Phi) is 7.47. The van der Waals surface area contributed by atoms with Crippen LogP contribution in [-0.4, -0.2) is 13.2 Å². The maximum Gasteiger partial charge on any atom is 0.121 e. The molecule has 0 aliphatic rings. The van der Waals surface area contributed by atoms with Crippen LogP contribution in [0.25, 0.3) is 0 Å². The lowest BCUT2D eigenvalue weighted by atomic mass is 10.1. The molecule has 3 nitrogen and oxygen atoms in total. The number of nitrogens with one attached hydrogen (secondary N) is 1. The third-order valence-electron chi connectivity index (χ3n) is 3.67. The largest absolute Gasteiger partial charge is 0.494 e. The zero-order valence-electron chi connectivity index (χ0n) is 15.0. The number of hydrogen-bond donors (Lipinski definition) is 1. The van der Waals surface area contributed by atoms with E-state index in [1.54, 1.807) is 0 Å². The summed E-state index contributed by atoms with van der Waals surface area (Å²) in [5.41, 5.74) is 2.27.